The fourth-order valence-corrected chi connectivity index (χ4v) is 12.6. The Morgan fingerprint density at radius 2 is 0.965 bits per heavy atom. The van der Waals surface area contributed by atoms with Crippen molar-refractivity contribution in [1.29, 1.82) is 0 Å². The molecule has 2 heteroatoms. The molecule has 0 saturated carbocycles. The van der Waals surface area contributed by atoms with Gasteiger partial charge in [0.15, 0.2) is 5.78 Å². The van der Waals surface area contributed by atoms with Crippen molar-refractivity contribution in [2.75, 3.05) is 6.61 Å². The van der Waals surface area contributed by atoms with Crippen LogP contribution in [0.4, 0.5) is 0 Å². The number of rotatable bonds is 17. The van der Waals surface area contributed by atoms with E-state index >= 15 is 4.79 Å². The first-order valence-electron chi connectivity index (χ1n) is 30.2. The van der Waals surface area contributed by atoms with E-state index in [4.69, 9.17) is 4.74 Å². The maximum Gasteiger partial charge on any atom is 0.186 e. The number of carbonyl (C=O) groups excluding carboxylic acids is 1. The van der Waals surface area contributed by atoms with E-state index in [1.807, 2.05) is 12.1 Å². The predicted octanol–water partition coefficient (Wildman–Crippen LogP) is 21.3. The molecule has 0 aromatic heterocycles. The molecular formula is C83H68O2. The van der Waals surface area contributed by atoms with Gasteiger partial charge in [0, 0.05) is 17.4 Å². The number of ketones is 1. The van der Waals surface area contributed by atoms with Gasteiger partial charge in [-0.05, 0) is 229 Å². The quantitative estimate of drug-likeness (QED) is 0.0671. The molecule has 412 valence electrons. The minimum absolute atomic E-state index is 0.00928. The van der Waals surface area contributed by atoms with Crippen LogP contribution in [0.1, 0.15) is 87.3 Å². The Morgan fingerprint density at radius 1 is 0.459 bits per heavy atom. The molecule has 0 fully saturated rings. The third-order valence-electron chi connectivity index (χ3n) is 17.0. The van der Waals surface area contributed by atoms with Crippen molar-refractivity contribution < 1.29 is 9.53 Å². The Balaban J connectivity index is 0.989. The zero-order valence-corrected chi connectivity index (χ0v) is 48.0. The fourth-order valence-electron chi connectivity index (χ4n) is 12.6. The fraction of sp³-hybridized carbons (Fsp3) is 0.120. The SMILES string of the molecule is O=C(/C=C(\CCc1ccccc1)c1ccccc1)c1cc(Cc2cc(-c3cc(C4=CCCC=C4)cc(-c4ccccc4)c3)cc(-c3cc(-c4ccccc4)cc(-c4ccccc4)c3)c2)cc(C2C=C(c3ccccc3)CC(C3=CC=CCO3)C2)c1. The van der Waals surface area contributed by atoms with Crippen LogP contribution in [0.25, 0.3) is 72.4 Å². The largest absolute Gasteiger partial charge is 0.494 e. The van der Waals surface area contributed by atoms with Gasteiger partial charge in [-0.2, -0.15) is 0 Å². The molecule has 0 radical (unpaired) electrons. The minimum Gasteiger partial charge on any atom is -0.494 e. The summed E-state index contributed by atoms with van der Waals surface area (Å²) in [6.45, 7) is 0.573. The van der Waals surface area contributed by atoms with Gasteiger partial charge < -0.3 is 4.74 Å². The highest BCUT2D eigenvalue weighted by molar-refractivity contribution is 6.09. The number of allylic oxidation sites excluding steroid dienone is 11. The summed E-state index contributed by atoms with van der Waals surface area (Å²) in [4.78, 5) is 15.4. The summed E-state index contributed by atoms with van der Waals surface area (Å²) in [6.07, 6.45) is 23.7. The minimum atomic E-state index is 0.00928. The van der Waals surface area contributed by atoms with Gasteiger partial charge in [0.05, 0.1) is 5.76 Å². The molecule has 0 saturated heterocycles. The lowest BCUT2D eigenvalue weighted by molar-refractivity contribution is 0.104. The second-order valence-corrected chi connectivity index (χ2v) is 22.9. The summed E-state index contributed by atoms with van der Waals surface area (Å²) < 4.78 is 6.40. The molecule has 0 bridgehead atoms. The number of benzene rings is 10. The topological polar surface area (TPSA) is 26.3 Å². The Hall–Kier alpha value is -9.89. The molecule has 1 aliphatic heterocycles. The van der Waals surface area contributed by atoms with Crippen LogP contribution in [0.3, 0.4) is 0 Å². The molecule has 10 aromatic rings. The summed E-state index contributed by atoms with van der Waals surface area (Å²) in [5, 5.41) is 0. The van der Waals surface area contributed by atoms with E-state index in [0.29, 0.717) is 18.6 Å². The molecule has 2 atom stereocenters. The smallest absolute Gasteiger partial charge is 0.186 e. The Kier molecular flexibility index (Phi) is 16.4. The number of hydrogen-bond donors (Lipinski definition) is 0. The van der Waals surface area contributed by atoms with E-state index in [1.54, 1.807) is 0 Å². The first-order valence-corrected chi connectivity index (χ1v) is 30.2. The van der Waals surface area contributed by atoms with E-state index in [2.05, 4.69) is 291 Å². The van der Waals surface area contributed by atoms with E-state index < -0.39 is 0 Å². The normalized spacial score (nSPS) is 15.8. The molecule has 1 heterocycles. The van der Waals surface area contributed by atoms with Crippen LogP contribution in [0, 0.1) is 5.92 Å². The predicted molar refractivity (Wildman–Crippen MR) is 356 cm³/mol. The molecule has 0 amide bonds. The highest BCUT2D eigenvalue weighted by atomic mass is 16.5. The van der Waals surface area contributed by atoms with Crippen LogP contribution in [0.5, 0.6) is 0 Å². The van der Waals surface area contributed by atoms with Crippen molar-refractivity contribution in [3.8, 4) is 55.6 Å². The zero-order valence-electron chi connectivity index (χ0n) is 48.0. The summed E-state index contributed by atoms with van der Waals surface area (Å²) in [5.41, 5.74) is 24.0. The molecule has 85 heavy (non-hydrogen) atoms. The van der Waals surface area contributed by atoms with Crippen LogP contribution in [-0.2, 0) is 17.6 Å². The van der Waals surface area contributed by atoms with Crippen molar-refractivity contribution in [2.24, 2.45) is 5.92 Å². The van der Waals surface area contributed by atoms with Gasteiger partial charge in [-0.1, -0.05) is 231 Å². The lowest BCUT2D eigenvalue weighted by Gasteiger charge is -2.31. The average Bonchev–Trinajstić information content (AvgIpc) is 3.22. The van der Waals surface area contributed by atoms with Crippen LogP contribution in [-0.4, -0.2) is 12.4 Å². The second-order valence-electron chi connectivity index (χ2n) is 22.9. The van der Waals surface area contributed by atoms with Crippen LogP contribution >= 0.6 is 0 Å². The van der Waals surface area contributed by atoms with Gasteiger partial charge >= 0.3 is 0 Å². The molecule has 13 rings (SSSR count). The van der Waals surface area contributed by atoms with Gasteiger partial charge in [-0.3, -0.25) is 4.79 Å². The van der Waals surface area contributed by atoms with Crippen LogP contribution < -0.4 is 0 Å². The monoisotopic (exact) mass is 1100 g/mol. The summed E-state index contributed by atoms with van der Waals surface area (Å²) in [6, 6.07) is 92.2. The van der Waals surface area contributed by atoms with E-state index in [-0.39, 0.29) is 17.6 Å². The Labute approximate surface area is 501 Å². The van der Waals surface area contributed by atoms with Gasteiger partial charge in [-0.15, -0.1) is 0 Å². The van der Waals surface area contributed by atoms with Gasteiger partial charge in [0.2, 0.25) is 0 Å². The lowest BCUT2D eigenvalue weighted by atomic mass is 9.75. The molecule has 0 N–H and O–H groups in total. The molecular weight excluding hydrogens is 1030 g/mol. The lowest BCUT2D eigenvalue weighted by Crippen LogP contribution is -2.18. The van der Waals surface area contributed by atoms with Gasteiger partial charge in [0.25, 0.3) is 0 Å². The van der Waals surface area contributed by atoms with E-state index in [0.717, 1.165) is 105 Å². The molecule has 3 aliphatic rings. The molecule has 10 aromatic carbocycles. The number of hydrogen-bond acceptors (Lipinski definition) is 2. The van der Waals surface area contributed by atoms with E-state index in [1.165, 1.54) is 50.1 Å². The van der Waals surface area contributed by atoms with Crippen molar-refractivity contribution >= 4 is 22.5 Å². The maximum atomic E-state index is 15.4. The maximum absolute atomic E-state index is 15.4. The highest BCUT2D eigenvalue weighted by Gasteiger charge is 2.29. The number of carbonyl (C=O) groups is 1. The van der Waals surface area contributed by atoms with Crippen molar-refractivity contribution in [1.82, 2.24) is 0 Å². The molecule has 0 spiro atoms. The third kappa shape index (κ3) is 13.2. The number of aryl methyl sites for hydroxylation is 1. The van der Waals surface area contributed by atoms with E-state index in [9.17, 15) is 0 Å². The second kappa shape index (κ2) is 25.7. The highest BCUT2D eigenvalue weighted by Crippen LogP contribution is 2.44. The van der Waals surface area contributed by atoms with Crippen LogP contribution in [0.15, 0.2) is 309 Å². The summed E-state index contributed by atoms with van der Waals surface area (Å²) in [7, 11) is 0. The molecule has 2 nitrogen and oxygen atoms in total. The molecule has 2 unspecified atom stereocenters. The van der Waals surface area contributed by atoms with Crippen molar-refractivity contribution in [2.45, 2.75) is 50.9 Å². The van der Waals surface area contributed by atoms with Crippen molar-refractivity contribution in [3.63, 3.8) is 0 Å². The summed E-state index contributed by atoms with van der Waals surface area (Å²) >= 11 is 0. The van der Waals surface area contributed by atoms with Gasteiger partial charge in [-0.25, -0.2) is 0 Å². The first kappa shape index (κ1) is 54.4. The third-order valence-corrected chi connectivity index (χ3v) is 17.0. The molecule has 2 aliphatic carbocycles. The first-order chi connectivity index (χ1) is 42.0. The number of ether oxygens (including phenoxy) is 1. The standard InChI is InChI=1S/C83H68O2/c84-82(58-68(62-26-10-2-11-27-62)40-39-59-24-8-1-9-25-59)80-46-61(45-71(55-80)79-54-76(67-36-20-7-21-37-67)56-81(57-79)83-38-22-23-41-85-83)42-60-43-69(77-50-72(63-28-12-3-13-29-63)48-73(51-77)64-30-14-4-15-31-64)47-70(44-60)78-52-74(65-32-16-5-17-33-65)49-75(53-78)66-34-18-6-19-35-66/h1-5,7-18,20-38,43-55,58,79,81H,6,19,39-42,56-57H2/b68-58+. The van der Waals surface area contributed by atoms with Crippen molar-refractivity contribution in [3.05, 3.63) is 354 Å². The zero-order chi connectivity index (χ0) is 57.2. The van der Waals surface area contributed by atoms with Crippen LogP contribution in [0.2, 0.25) is 0 Å². The Morgan fingerprint density at radius 3 is 1.51 bits per heavy atom. The average molecular weight is 1100 g/mol. The Bertz CT molecular complexity index is 4120. The van der Waals surface area contributed by atoms with Gasteiger partial charge in [0.1, 0.15) is 6.61 Å². The summed E-state index contributed by atoms with van der Waals surface area (Å²) in [5.74, 6) is 1.23.